The maximum Gasteiger partial charge on any atom is 0.326 e. The fraction of sp³-hybridized carbons (Fsp3) is 0.538. The number of imide groups is 1. The molecule has 21 heavy (non-hydrogen) atoms. The SMILES string of the molecule is Cc1c(CC(NC(=O)N2CCCC2=O)C(=O)O)cnn1C. The third kappa shape index (κ3) is 3.21. The van der Waals surface area contributed by atoms with E-state index in [-0.39, 0.29) is 12.3 Å². The molecule has 0 spiro atoms. The lowest BCUT2D eigenvalue weighted by atomic mass is 10.1. The zero-order chi connectivity index (χ0) is 15.6. The van der Waals surface area contributed by atoms with Crippen molar-refractivity contribution in [2.75, 3.05) is 6.54 Å². The second-order valence-electron chi connectivity index (χ2n) is 5.07. The van der Waals surface area contributed by atoms with Gasteiger partial charge in [-0.15, -0.1) is 0 Å². The summed E-state index contributed by atoms with van der Waals surface area (Å²) in [5, 5.41) is 15.7. The summed E-state index contributed by atoms with van der Waals surface area (Å²) in [7, 11) is 1.76. The molecule has 1 aliphatic rings. The third-order valence-corrected chi connectivity index (χ3v) is 3.68. The summed E-state index contributed by atoms with van der Waals surface area (Å²) >= 11 is 0. The van der Waals surface area contributed by atoms with Crippen molar-refractivity contribution in [3.8, 4) is 0 Å². The topological polar surface area (TPSA) is 105 Å². The van der Waals surface area contributed by atoms with Crippen molar-refractivity contribution >= 4 is 17.9 Å². The maximum absolute atomic E-state index is 12.0. The van der Waals surface area contributed by atoms with E-state index in [0.29, 0.717) is 19.4 Å². The van der Waals surface area contributed by atoms with Gasteiger partial charge >= 0.3 is 12.0 Å². The summed E-state index contributed by atoms with van der Waals surface area (Å²) in [6.07, 6.45) is 2.65. The Morgan fingerprint density at radius 2 is 2.24 bits per heavy atom. The zero-order valence-corrected chi connectivity index (χ0v) is 12.0. The predicted octanol–water partition coefficient (Wildman–Crippen LogP) is 0.0562. The van der Waals surface area contributed by atoms with Crippen molar-refractivity contribution in [1.29, 1.82) is 0 Å². The summed E-state index contributed by atoms with van der Waals surface area (Å²) in [5.74, 6) is -1.41. The van der Waals surface area contributed by atoms with Gasteiger partial charge in [-0.3, -0.25) is 14.4 Å². The van der Waals surface area contributed by atoms with Gasteiger partial charge in [0, 0.05) is 32.1 Å². The number of hydrogen-bond donors (Lipinski definition) is 2. The molecule has 1 atom stereocenters. The zero-order valence-electron chi connectivity index (χ0n) is 12.0. The number of carbonyl (C=O) groups is 3. The molecule has 2 heterocycles. The van der Waals surface area contributed by atoms with Crippen LogP contribution in [0.2, 0.25) is 0 Å². The number of aliphatic carboxylic acids is 1. The number of aromatic nitrogens is 2. The predicted molar refractivity (Wildman–Crippen MR) is 72.6 cm³/mol. The van der Waals surface area contributed by atoms with Crippen LogP contribution in [0.15, 0.2) is 6.20 Å². The average Bonchev–Trinajstić information content (AvgIpc) is 2.98. The third-order valence-electron chi connectivity index (χ3n) is 3.68. The Kier molecular flexibility index (Phi) is 4.25. The minimum atomic E-state index is -1.14. The van der Waals surface area contributed by atoms with E-state index in [1.54, 1.807) is 17.9 Å². The van der Waals surface area contributed by atoms with Crippen molar-refractivity contribution in [3.05, 3.63) is 17.5 Å². The second-order valence-corrected chi connectivity index (χ2v) is 5.07. The van der Waals surface area contributed by atoms with E-state index in [1.807, 2.05) is 6.92 Å². The fourth-order valence-electron chi connectivity index (χ4n) is 2.25. The Balaban J connectivity index is 2.06. The summed E-state index contributed by atoms with van der Waals surface area (Å²) < 4.78 is 1.64. The van der Waals surface area contributed by atoms with Crippen LogP contribution in [-0.4, -0.2) is 50.3 Å². The van der Waals surface area contributed by atoms with Crippen molar-refractivity contribution < 1.29 is 19.5 Å². The van der Waals surface area contributed by atoms with Gasteiger partial charge in [0.15, 0.2) is 0 Å². The summed E-state index contributed by atoms with van der Waals surface area (Å²) in [6.45, 7) is 2.16. The van der Waals surface area contributed by atoms with Crippen LogP contribution in [0.3, 0.4) is 0 Å². The van der Waals surface area contributed by atoms with E-state index in [2.05, 4.69) is 10.4 Å². The number of carboxylic acids is 1. The van der Waals surface area contributed by atoms with Crippen LogP contribution in [0, 0.1) is 6.92 Å². The maximum atomic E-state index is 12.0. The lowest BCUT2D eigenvalue weighted by Gasteiger charge is -2.19. The minimum absolute atomic E-state index is 0.128. The molecule has 0 saturated carbocycles. The fourth-order valence-corrected chi connectivity index (χ4v) is 2.25. The molecule has 1 fully saturated rings. The van der Waals surface area contributed by atoms with E-state index in [0.717, 1.165) is 16.2 Å². The highest BCUT2D eigenvalue weighted by molar-refractivity contribution is 5.97. The number of nitrogens with one attached hydrogen (secondary N) is 1. The van der Waals surface area contributed by atoms with Crippen molar-refractivity contribution in [3.63, 3.8) is 0 Å². The van der Waals surface area contributed by atoms with Gasteiger partial charge in [0.25, 0.3) is 0 Å². The molecule has 0 radical (unpaired) electrons. The van der Waals surface area contributed by atoms with E-state index in [4.69, 9.17) is 0 Å². The Morgan fingerprint density at radius 3 is 2.71 bits per heavy atom. The van der Waals surface area contributed by atoms with E-state index in [1.165, 1.54) is 0 Å². The van der Waals surface area contributed by atoms with Crippen LogP contribution >= 0.6 is 0 Å². The van der Waals surface area contributed by atoms with Gasteiger partial charge in [-0.05, 0) is 18.9 Å². The van der Waals surface area contributed by atoms with E-state index >= 15 is 0 Å². The number of likely N-dealkylation sites (tertiary alicyclic amines) is 1. The van der Waals surface area contributed by atoms with E-state index < -0.39 is 18.0 Å². The molecule has 1 aromatic heterocycles. The van der Waals surface area contributed by atoms with Crippen molar-refractivity contribution in [2.45, 2.75) is 32.2 Å². The molecule has 3 amide bonds. The van der Waals surface area contributed by atoms with Crippen LogP contribution in [0.1, 0.15) is 24.1 Å². The number of aryl methyl sites for hydroxylation is 1. The van der Waals surface area contributed by atoms with E-state index in [9.17, 15) is 19.5 Å². The van der Waals surface area contributed by atoms with Crippen molar-refractivity contribution in [2.24, 2.45) is 7.05 Å². The standard InChI is InChI=1S/C13H18N4O4/c1-8-9(7-14-16(8)2)6-10(12(19)20)15-13(21)17-5-3-4-11(17)18/h7,10H,3-6H2,1-2H3,(H,15,21)(H,19,20). The lowest BCUT2D eigenvalue weighted by Crippen LogP contribution is -2.49. The first-order valence-corrected chi connectivity index (χ1v) is 6.71. The number of amides is 3. The van der Waals surface area contributed by atoms with Gasteiger partial charge in [-0.2, -0.15) is 5.10 Å². The molecule has 8 heteroatoms. The van der Waals surface area contributed by atoms with Gasteiger partial charge in [-0.1, -0.05) is 0 Å². The summed E-state index contributed by atoms with van der Waals surface area (Å²) in [4.78, 5) is 35.8. The first kappa shape index (κ1) is 15.0. The summed E-state index contributed by atoms with van der Waals surface area (Å²) in [6, 6.07) is -1.74. The summed E-state index contributed by atoms with van der Waals surface area (Å²) in [5.41, 5.74) is 1.59. The molecule has 0 aliphatic carbocycles. The number of nitrogens with zero attached hydrogens (tertiary/aromatic N) is 3. The van der Waals surface area contributed by atoms with Gasteiger partial charge in [0.05, 0.1) is 6.20 Å². The van der Waals surface area contributed by atoms with Gasteiger partial charge in [0.1, 0.15) is 6.04 Å². The molecule has 1 unspecified atom stereocenters. The molecule has 1 aliphatic heterocycles. The first-order valence-electron chi connectivity index (χ1n) is 6.71. The molecule has 8 nitrogen and oxygen atoms in total. The lowest BCUT2D eigenvalue weighted by molar-refractivity contribution is -0.139. The number of carboxylic acid groups (broad SMARTS) is 1. The highest BCUT2D eigenvalue weighted by Gasteiger charge is 2.30. The molecule has 114 valence electrons. The normalized spacial score (nSPS) is 16.1. The molecular weight excluding hydrogens is 276 g/mol. The van der Waals surface area contributed by atoms with Crippen LogP contribution in [0.5, 0.6) is 0 Å². The molecule has 1 aromatic rings. The largest absolute Gasteiger partial charge is 0.480 e. The second kappa shape index (κ2) is 5.94. The number of carbonyl (C=O) groups excluding carboxylic acids is 2. The molecule has 0 bridgehead atoms. The van der Waals surface area contributed by atoms with Gasteiger partial charge in [0.2, 0.25) is 5.91 Å². The van der Waals surface area contributed by atoms with Gasteiger partial charge < -0.3 is 10.4 Å². The van der Waals surface area contributed by atoms with Crippen LogP contribution < -0.4 is 5.32 Å². The molecule has 0 aromatic carbocycles. The Morgan fingerprint density at radius 1 is 1.52 bits per heavy atom. The van der Waals surface area contributed by atoms with Crippen LogP contribution in [0.25, 0.3) is 0 Å². The Bertz CT molecular complexity index is 581. The molecular formula is C13H18N4O4. The van der Waals surface area contributed by atoms with Crippen molar-refractivity contribution in [1.82, 2.24) is 20.0 Å². The van der Waals surface area contributed by atoms with Gasteiger partial charge in [-0.25, -0.2) is 9.59 Å². The number of urea groups is 1. The Hall–Kier alpha value is -2.38. The molecule has 1 saturated heterocycles. The first-order chi connectivity index (χ1) is 9.90. The average molecular weight is 294 g/mol. The van der Waals surface area contributed by atoms with Crippen LogP contribution in [0.4, 0.5) is 4.79 Å². The van der Waals surface area contributed by atoms with Crippen LogP contribution in [-0.2, 0) is 23.1 Å². The highest BCUT2D eigenvalue weighted by atomic mass is 16.4. The number of hydrogen-bond acceptors (Lipinski definition) is 4. The monoisotopic (exact) mass is 294 g/mol. The number of rotatable bonds is 4. The molecule has 2 rings (SSSR count). The Labute approximate surface area is 121 Å². The highest BCUT2D eigenvalue weighted by Crippen LogP contribution is 2.12. The molecule has 2 N–H and O–H groups in total. The smallest absolute Gasteiger partial charge is 0.326 e. The minimum Gasteiger partial charge on any atom is -0.480 e. The quantitative estimate of drug-likeness (QED) is 0.817.